The fourth-order valence-electron chi connectivity index (χ4n) is 1.87. The number of rotatable bonds is 13. The van der Waals surface area contributed by atoms with Crippen LogP contribution in [0.25, 0.3) is 0 Å². The van der Waals surface area contributed by atoms with Gasteiger partial charge in [-0.2, -0.15) is 25.3 Å². The van der Waals surface area contributed by atoms with Crippen molar-refractivity contribution in [1.82, 2.24) is 16.0 Å². The predicted molar refractivity (Wildman–Crippen MR) is 104 cm³/mol. The highest BCUT2D eigenvalue weighted by Crippen LogP contribution is 2.00. The normalized spacial score (nSPS) is 14.6. The molecule has 0 aliphatic heterocycles. The first kappa shape index (κ1) is 26.5. The van der Waals surface area contributed by atoms with Gasteiger partial charge in [0.25, 0.3) is 0 Å². The summed E-state index contributed by atoms with van der Waals surface area (Å²) in [6.45, 7) is 0. The van der Waals surface area contributed by atoms with Gasteiger partial charge in [-0.1, -0.05) is 0 Å². The standard InChI is InChI=1S/C14H22N4O9S2/c15-5(1-9(19)20)11(23)17-7(3-28)13(25)16-6(2-10(21)22)12(24)18-8(4-29)14(26)27/h5-8,28-29H,1-4,15H2,(H,16,25)(H,17,23)(H,18,24)(H,19,20)(H,21,22)(H,26,27). The molecular weight excluding hydrogens is 432 g/mol. The summed E-state index contributed by atoms with van der Waals surface area (Å²) in [6, 6.07) is -5.90. The lowest BCUT2D eigenvalue weighted by Gasteiger charge is -2.23. The van der Waals surface area contributed by atoms with Crippen molar-refractivity contribution in [3.63, 3.8) is 0 Å². The minimum absolute atomic E-state index is 0.285. The summed E-state index contributed by atoms with van der Waals surface area (Å²) in [7, 11) is 0. The van der Waals surface area contributed by atoms with Crippen LogP contribution in [0.5, 0.6) is 0 Å². The number of nitrogens with one attached hydrogen (secondary N) is 3. The third kappa shape index (κ3) is 10.00. The van der Waals surface area contributed by atoms with E-state index in [-0.39, 0.29) is 11.5 Å². The fourth-order valence-corrected chi connectivity index (χ4v) is 2.37. The van der Waals surface area contributed by atoms with E-state index in [1.807, 2.05) is 5.32 Å². The van der Waals surface area contributed by atoms with Crippen molar-refractivity contribution in [3.8, 4) is 0 Å². The molecule has 15 heteroatoms. The Labute approximate surface area is 175 Å². The molecule has 0 aromatic carbocycles. The van der Waals surface area contributed by atoms with Crippen molar-refractivity contribution in [2.24, 2.45) is 5.73 Å². The van der Waals surface area contributed by atoms with Gasteiger partial charge in [0.15, 0.2) is 0 Å². The van der Waals surface area contributed by atoms with E-state index in [0.29, 0.717) is 0 Å². The van der Waals surface area contributed by atoms with Gasteiger partial charge in [-0.15, -0.1) is 0 Å². The number of carboxylic acids is 3. The van der Waals surface area contributed by atoms with Crippen LogP contribution in [-0.4, -0.2) is 86.6 Å². The zero-order valence-corrected chi connectivity index (χ0v) is 16.7. The maximum atomic E-state index is 12.3. The summed E-state index contributed by atoms with van der Waals surface area (Å²) >= 11 is 7.63. The average molecular weight is 454 g/mol. The van der Waals surface area contributed by atoms with Gasteiger partial charge in [-0.3, -0.25) is 24.0 Å². The Morgan fingerprint density at radius 2 is 1.10 bits per heavy atom. The van der Waals surface area contributed by atoms with Crippen LogP contribution < -0.4 is 21.7 Å². The van der Waals surface area contributed by atoms with Gasteiger partial charge >= 0.3 is 17.9 Å². The SMILES string of the molecule is NC(CC(=O)O)C(=O)NC(CS)C(=O)NC(CC(=O)O)C(=O)NC(CS)C(=O)O. The highest BCUT2D eigenvalue weighted by molar-refractivity contribution is 7.80. The maximum Gasteiger partial charge on any atom is 0.327 e. The number of thiol groups is 2. The molecule has 0 aliphatic rings. The van der Waals surface area contributed by atoms with Gasteiger partial charge in [-0.05, 0) is 0 Å². The highest BCUT2D eigenvalue weighted by atomic mass is 32.1. The molecular formula is C14H22N4O9S2. The van der Waals surface area contributed by atoms with E-state index in [0.717, 1.165) is 0 Å². The molecule has 0 aromatic rings. The molecule has 0 fully saturated rings. The Balaban J connectivity index is 5.19. The van der Waals surface area contributed by atoms with Crippen molar-refractivity contribution in [2.45, 2.75) is 37.0 Å². The van der Waals surface area contributed by atoms with Gasteiger partial charge in [0, 0.05) is 11.5 Å². The number of amides is 3. The number of nitrogens with two attached hydrogens (primary N) is 1. The maximum absolute atomic E-state index is 12.3. The van der Waals surface area contributed by atoms with Crippen LogP contribution in [0.4, 0.5) is 0 Å². The minimum Gasteiger partial charge on any atom is -0.481 e. The van der Waals surface area contributed by atoms with Crippen LogP contribution in [0.1, 0.15) is 12.8 Å². The molecule has 0 aromatic heterocycles. The van der Waals surface area contributed by atoms with Crippen LogP contribution in [0.3, 0.4) is 0 Å². The molecule has 0 saturated carbocycles. The van der Waals surface area contributed by atoms with Crippen LogP contribution in [0.2, 0.25) is 0 Å². The minimum atomic E-state index is -1.66. The largest absolute Gasteiger partial charge is 0.481 e. The van der Waals surface area contributed by atoms with Crippen LogP contribution >= 0.6 is 25.3 Å². The molecule has 0 heterocycles. The molecule has 3 amide bonds. The molecule has 0 rings (SSSR count). The zero-order chi connectivity index (χ0) is 22.7. The highest BCUT2D eigenvalue weighted by Gasteiger charge is 2.31. The lowest BCUT2D eigenvalue weighted by Crippen LogP contribution is -2.58. The van der Waals surface area contributed by atoms with E-state index < -0.39 is 72.6 Å². The summed E-state index contributed by atoms with van der Waals surface area (Å²) in [5, 5.41) is 32.7. The van der Waals surface area contributed by atoms with Crippen molar-refractivity contribution >= 4 is 60.9 Å². The molecule has 0 spiro atoms. The van der Waals surface area contributed by atoms with Gasteiger partial charge in [0.05, 0.1) is 18.9 Å². The van der Waals surface area contributed by atoms with Crippen molar-refractivity contribution < 1.29 is 44.1 Å². The zero-order valence-electron chi connectivity index (χ0n) is 14.9. The topological polar surface area (TPSA) is 225 Å². The second kappa shape index (κ2) is 12.8. The number of hydrogen-bond acceptors (Lipinski definition) is 9. The van der Waals surface area contributed by atoms with E-state index in [4.69, 9.17) is 21.1 Å². The predicted octanol–water partition coefficient (Wildman–Crippen LogP) is -3.34. The van der Waals surface area contributed by atoms with Crippen molar-refractivity contribution in [2.75, 3.05) is 11.5 Å². The van der Waals surface area contributed by atoms with Crippen molar-refractivity contribution in [1.29, 1.82) is 0 Å². The quantitative estimate of drug-likeness (QED) is 0.126. The Morgan fingerprint density at radius 1 is 0.690 bits per heavy atom. The number of hydrogen-bond donors (Lipinski definition) is 9. The monoisotopic (exact) mass is 454 g/mol. The Kier molecular flexibility index (Phi) is 11.7. The van der Waals surface area contributed by atoms with Crippen LogP contribution in [-0.2, 0) is 28.8 Å². The summed E-state index contributed by atoms with van der Waals surface area (Å²) in [5.41, 5.74) is 5.38. The molecule has 4 unspecified atom stereocenters. The lowest BCUT2D eigenvalue weighted by molar-refractivity contribution is -0.143. The first-order valence-corrected chi connectivity index (χ1v) is 9.24. The van der Waals surface area contributed by atoms with Crippen molar-refractivity contribution in [3.05, 3.63) is 0 Å². The second-order valence-corrected chi connectivity index (χ2v) is 6.42. The molecule has 0 bridgehead atoms. The third-order valence-electron chi connectivity index (χ3n) is 3.36. The third-order valence-corrected chi connectivity index (χ3v) is 4.09. The summed E-state index contributed by atoms with van der Waals surface area (Å²) in [5.74, 6) is -7.85. The second-order valence-electron chi connectivity index (χ2n) is 5.69. The molecule has 0 aliphatic carbocycles. The number of aliphatic carboxylic acids is 3. The van der Waals surface area contributed by atoms with E-state index >= 15 is 0 Å². The van der Waals surface area contributed by atoms with E-state index in [1.54, 1.807) is 0 Å². The molecule has 164 valence electrons. The van der Waals surface area contributed by atoms with Gasteiger partial charge in [0.1, 0.15) is 18.1 Å². The van der Waals surface area contributed by atoms with E-state index in [9.17, 15) is 28.8 Å². The molecule has 29 heavy (non-hydrogen) atoms. The number of carbonyl (C=O) groups excluding carboxylic acids is 3. The van der Waals surface area contributed by atoms with Gasteiger partial charge in [0.2, 0.25) is 17.7 Å². The number of carbonyl (C=O) groups is 6. The van der Waals surface area contributed by atoms with Gasteiger partial charge < -0.3 is 37.0 Å². The molecule has 8 N–H and O–H groups in total. The Hall–Kier alpha value is -2.52. The smallest absolute Gasteiger partial charge is 0.327 e. The fraction of sp³-hybridized carbons (Fsp3) is 0.571. The number of carboxylic acid groups (broad SMARTS) is 3. The van der Waals surface area contributed by atoms with Crippen LogP contribution in [0.15, 0.2) is 0 Å². The molecule has 0 saturated heterocycles. The van der Waals surface area contributed by atoms with E-state index in [1.165, 1.54) is 0 Å². The Bertz CT molecular complexity index is 661. The average Bonchev–Trinajstić information content (AvgIpc) is 2.61. The first-order chi connectivity index (χ1) is 13.4. The van der Waals surface area contributed by atoms with Gasteiger partial charge in [-0.25, -0.2) is 4.79 Å². The first-order valence-electron chi connectivity index (χ1n) is 7.97. The summed E-state index contributed by atoms with van der Waals surface area (Å²) in [4.78, 5) is 68.9. The summed E-state index contributed by atoms with van der Waals surface area (Å²) in [6.07, 6.45) is -1.57. The molecule has 13 nitrogen and oxygen atoms in total. The summed E-state index contributed by atoms with van der Waals surface area (Å²) < 4.78 is 0. The molecule has 0 radical (unpaired) electrons. The lowest BCUT2D eigenvalue weighted by atomic mass is 10.1. The molecule has 4 atom stereocenters. The Morgan fingerprint density at radius 3 is 1.52 bits per heavy atom. The van der Waals surface area contributed by atoms with E-state index in [2.05, 4.69) is 35.9 Å². The van der Waals surface area contributed by atoms with Crippen LogP contribution in [0, 0.1) is 0 Å².